The van der Waals surface area contributed by atoms with Gasteiger partial charge in [-0.15, -0.1) is 0 Å². The van der Waals surface area contributed by atoms with Crippen LogP contribution in [0.5, 0.6) is 0 Å². The molecule has 0 atom stereocenters. The molecule has 1 N–H and O–H groups in total. The fourth-order valence-electron chi connectivity index (χ4n) is 1.61. The zero-order valence-corrected chi connectivity index (χ0v) is 10.8. The molecular formula is C12H15N3O4. The molecule has 2 heterocycles. The Morgan fingerprint density at radius 1 is 1.53 bits per heavy atom. The first kappa shape index (κ1) is 13.3. The summed E-state index contributed by atoms with van der Waals surface area (Å²) >= 11 is 0. The monoisotopic (exact) mass is 265 g/mol. The molecule has 0 aliphatic carbocycles. The summed E-state index contributed by atoms with van der Waals surface area (Å²) in [5.74, 6) is 0.959. The standard InChI is InChI=1S/C12H15N3O4/c1-8-14-10(19-15-8)3-5-13-7-9-4-6-18-11(9)12(16)17-2/h4,6,13H,3,5,7H2,1-2H3. The van der Waals surface area contributed by atoms with Crippen molar-refractivity contribution < 1.29 is 18.5 Å². The van der Waals surface area contributed by atoms with Crippen LogP contribution in [0.25, 0.3) is 0 Å². The Morgan fingerprint density at radius 2 is 2.37 bits per heavy atom. The smallest absolute Gasteiger partial charge is 0.374 e. The van der Waals surface area contributed by atoms with Crippen molar-refractivity contribution in [1.29, 1.82) is 0 Å². The van der Waals surface area contributed by atoms with E-state index < -0.39 is 5.97 Å². The van der Waals surface area contributed by atoms with Gasteiger partial charge in [0, 0.05) is 25.1 Å². The first-order chi connectivity index (χ1) is 9.20. The third-order valence-corrected chi connectivity index (χ3v) is 2.52. The molecule has 0 unspecified atom stereocenters. The van der Waals surface area contributed by atoms with Crippen LogP contribution in [0.15, 0.2) is 21.3 Å². The van der Waals surface area contributed by atoms with Crippen molar-refractivity contribution in [2.24, 2.45) is 0 Å². The second-order valence-electron chi connectivity index (χ2n) is 3.93. The van der Waals surface area contributed by atoms with Gasteiger partial charge in [0.2, 0.25) is 11.7 Å². The van der Waals surface area contributed by atoms with Crippen LogP contribution in [-0.4, -0.2) is 29.8 Å². The molecule has 0 fully saturated rings. The van der Waals surface area contributed by atoms with E-state index in [0.29, 0.717) is 31.2 Å². The van der Waals surface area contributed by atoms with E-state index in [1.165, 1.54) is 13.4 Å². The Labute approximate surface area is 109 Å². The maximum atomic E-state index is 11.4. The highest BCUT2D eigenvalue weighted by atomic mass is 16.5. The molecule has 0 spiro atoms. The number of aryl methyl sites for hydroxylation is 1. The molecule has 0 saturated heterocycles. The van der Waals surface area contributed by atoms with Gasteiger partial charge in [0.1, 0.15) is 0 Å². The van der Waals surface area contributed by atoms with E-state index in [1.54, 1.807) is 13.0 Å². The number of carbonyl (C=O) groups is 1. The van der Waals surface area contributed by atoms with Gasteiger partial charge >= 0.3 is 5.97 Å². The molecule has 2 aromatic rings. The first-order valence-corrected chi connectivity index (χ1v) is 5.85. The van der Waals surface area contributed by atoms with Crippen LogP contribution in [0, 0.1) is 6.92 Å². The molecule has 102 valence electrons. The van der Waals surface area contributed by atoms with Crippen molar-refractivity contribution in [2.75, 3.05) is 13.7 Å². The van der Waals surface area contributed by atoms with Gasteiger partial charge in [-0.05, 0) is 13.0 Å². The molecule has 0 aromatic carbocycles. The van der Waals surface area contributed by atoms with E-state index >= 15 is 0 Å². The topological polar surface area (TPSA) is 90.4 Å². The van der Waals surface area contributed by atoms with Crippen molar-refractivity contribution >= 4 is 5.97 Å². The molecule has 0 bridgehead atoms. The van der Waals surface area contributed by atoms with Crippen LogP contribution in [0.3, 0.4) is 0 Å². The Hall–Kier alpha value is -2.15. The lowest BCUT2D eigenvalue weighted by atomic mass is 10.2. The van der Waals surface area contributed by atoms with E-state index in [2.05, 4.69) is 20.2 Å². The lowest BCUT2D eigenvalue weighted by Crippen LogP contribution is -2.18. The molecule has 2 rings (SSSR count). The maximum Gasteiger partial charge on any atom is 0.374 e. The van der Waals surface area contributed by atoms with E-state index in [1.807, 2.05) is 0 Å². The zero-order chi connectivity index (χ0) is 13.7. The van der Waals surface area contributed by atoms with Gasteiger partial charge in [0.05, 0.1) is 13.4 Å². The lowest BCUT2D eigenvalue weighted by Gasteiger charge is -2.02. The average molecular weight is 265 g/mol. The Bertz CT molecular complexity index is 547. The highest BCUT2D eigenvalue weighted by Gasteiger charge is 2.15. The SMILES string of the molecule is COC(=O)c1occc1CNCCc1nc(C)no1. The maximum absolute atomic E-state index is 11.4. The van der Waals surface area contributed by atoms with Crippen molar-refractivity contribution in [3.8, 4) is 0 Å². The lowest BCUT2D eigenvalue weighted by molar-refractivity contribution is 0.0563. The van der Waals surface area contributed by atoms with Gasteiger partial charge in [0.15, 0.2) is 5.82 Å². The van der Waals surface area contributed by atoms with Gasteiger partial charge in [-0.2, -0.15) is 4.98 Å². The molecule has 0 saturated carbocycles. The Morgan fingerprint density at radius 3 is 3.05 bits per heavy atom. The number of rotatable bonds is 6. The number of esters is 1. The second-order valence-corrected chi connectivity index (χ2v) is 3.93. The molecule has 7 nitrogen and oxygen atoms in total. The second kappa shape index (κ2) is 6.14. The molecule has 2 aromatic heterocycles. The van der Waals surface area contributed by atoms with Crippen molar-refractivity contribution in [1.82, 2.24) is 15.5 Å². The average Bonchev–Trinajstić information content (AvgIpc) is 3.03. The van der Waals surface area contributed by atoms with E-state index in [0.717, 1.165) is 5.56 Å². The Balaban J connectivity index is 1.80. The zero-order valence-electron chi connectivity index (χ0n) is 10.8. The number of ether oxygens (including phenoxy) is 1. The van der Waals surface area contributed by atoms with Gasteiger partial charge in [-0.25, -0.2) is 4.79 Å². The summed E-state index contributed by atoms with van der Waals surface area (Å²) in [6.07, 6.45) is 2.09. The number of nitrogens with zero attached hydrogens (tertiary/aromatic N) is 2. The van der Waals surface area contributed by atoms with Crippen LogP contribution >= 0.6 is 0 Å². The summed E-state index contributed by atoms with van der Waals surface area (Å²) in [6.45, 7) is 2.94. The molecule has 0 aliphatic rings. The predicted molar refractivity (Wildman–Crippen MR) is 64.5 cm³/mol. The van der Waals surface area contributed by atoms with Crippen molar-refractivity contribution in [3.63, 3.8) is 0 Å². The van der Waals surface area contributed by atoms with E-state index in [4.69, 9.17) is 8.94 Å². The predicted octanol–water partition coefficient (Wildman–Crippen LogP) is 1.09. The van der Waals surface area contributed by atoms with Crippen LogP contribution in [0.4, 0.5) is 0 Å². The number of hydrogen-bond acceptors (Lipinski definition) is 7. The molecule has 7 heteroatoms. The third kappa shape index (κ3) is 3.41. The normalized spacial score (nSPS) is 10.6. The summed E-state index contributed by atoms with van der Waals surface area (Å²) < 4.78 is 14.7. The highest BCUT2D eigenvalue weighted by Crippen LogP contribution is 2.11. The van der Waals surface area contributed by atoms with Crippen LogP contribution in [0.1, 0.15) is 27.8 Å². The number of furan rings is 1. The number of methoxy groups -OCH3 is 1. The summed E-state index contributed by atoms with van der Waals surface area (Å²) in [6, 6.07) is 1.73. The summed E-state index contributed by atoms with van der Waals surface area (Å²) in [4.78, 5) is 15.5. The van der Waals surface area contributed by atoms with E-state index in [-0.39, 0.29) is 5.76 Å². The molecule has 0 aliphatic heterocycles. The molecule has 19 heavy (non-hydrogen) atoms. The minimum Gasteiger partial charge on any atom is -0.463 e. The van der Waals surface area contributed by atoms with E-state index in [9.17, 15) is 4.79 Å². The minimum atomic E-state index is -0.477. The molecule has 0 amide bonds. The highest BCUT2D eigenvalue weighted by molar-refractivity contribution is 5.87. The minimum absolute atomic E-state index is 0.226. The first-order valence-electron chi connectivity index (χ1n) is 5.85. The summed E-state index contributed by atoms with van der Waals surface area (Å²) in [7, 11) is 1.32. The van der Waals surface area contributed by atoms with Crippen LogP contribution in [-0.2, 0) is 17.7 Å². The molecular weight excluding hydrogens is 250 g/mol. The van der Waals surface area contributed by atoms with Crippen LogP contribution in [0.2, 0.25) is 0 Å². The summed E-state index contributed by atoms with van der Waals surface area (Å²) in [5, 5.41) is 6.87. The summed E-state index contributed by atoms with van der Waals surface area (Å²) in [5.41, 5.74) is 0.758. The third-order valence-electron chi connectivity index (χ3n) is 2.52. The number of nitrogens with one attached hydrogen (secondary N) is 1. The van der Waals surface area contributed by atoms with Gasteiger partial charge < -0.3 is 19.0 Å². The number of carbonyl (C=O) groups excluding carboxylic acids is 1. The fraction of sp³-hybridized carbons (Fsp3) is 0.417. The number of hydrogen-bond donors (Lipinski definition) is 1. The quantitative estimate of drug-likeness (QED) is 0.617. The van der Waals surface area contributed by atoms with Gasteiger partial charge in [-0.3, -0.25) is 0 Å². The number of aromatic nitrogens is 2. The largest absolute Gasteiger partial charge is 0.463 e. The fourth-order valence-corrected chi connectivity index (χ4v) is 1.61. The molecule has 0 radical (unpaired) electrons. The van der Waals surface area contributed by atoms with Crippen molar-refractivity contribution in [3.05, 3.63) is 35.4 Å². The Kier molecular flexibility index (Phi) is 4.30. The van der Waals surface area contributed by atoms with Crippen LogP contribution < -0.4 is 5.32 Å². The van der Waals surface area contributed by atoms with Crippen molar-refractivity contribution in [2.45, 2.75) is 19.9 Å². The van der Waals surface area contributed by atoms with Gasteiger partial charge in [-0.1, -0.05) is 5.16 Å². The van der Waals surface area contributed by atoms with Gasteiger partial charge in [0.25, 0.3) is 0 Å².